The minimum absolute atomic E-state index is 0.00701. The molecule has 12 heteroatoms. The van der Waals surface area contributed by atoms with Gasteiger partial charge in [-0.3, -0.25) is 19.3 Å². The van der Waals surface area contributed by atoms with Gasteiger partial charge in [-0.05, 0) is 67.7 Å². The minimum atomic E-state index is -2.70. The molecule has 4 atom stereocenters. The largest absolute Gasteiger partial charge is 0.508 e. The molecule has 0 aliphatic heterocycles. The number of fused-ring (bicyclic) bond motifs is 3. The number of nitrogens with two attached hydrogens (primary N) is 1. The Hall–Kier alpha value is -4.26. The first-order valence-corrected chi connectivity index (χ1v) is 14.0. The molecular weight excluding hydrogens is 559 g/mol. The van der Waals surface area contributed by atoms with Gasteiger partial charge in [0, 0.05) is 42.9 Å². The number of hydrogen-bond donors (Lipinski definition) is 7. The smallest absolute Gasteiger partial charge is 0.255 e. The van der Waals surface area contributed by atoms with E-state index in [4.69, 9.17) is 5.73 Å². The molecule has 5 rings (SSSR count). The van der Waals surface area contributed by atoms with Crippen molar-refractivity contribution in [1.29, 1.82) is 0 Å². The Morgan fingerprint density at radius 2 is 1.86 bits per heavy atom. The van der Waals surface area contributed by atoms with Gasteiger partial charge in [0.05, 0.1) is 11.6 Å². The number of hydrogen-bond acceptors (Lipinski definition) is 10. The highest BCUT2D eigenvalue weighted by atomic mass is 19.1. The number of phenolic OH excluding ortho intramolecular Hbond substituents is 1. The molecule has 1 amide bonds. The van der Waals surface area contributed by atoms with E-state index in [9.17, 15) is 39.2 Å². The molecule has 43 heavy (non-hydrogen) atoms. The monoisotopic (exact) mass is 594 g/mol. The van der Waals surface area contributed by atoms with Gasteiger partial charge in [-0.15, -0.1) is 0 Å². The first-order valence-electron chi connectivity index (χ1n) is 14.0. The Kier molecular flexibility index (Phi) is 7.80. The van der Waals surface area contributed by atoms with Crippen molar-refractivity contribution in [2.45, 2.75) is 31.0 Å². The topological polar surface area (TPSA) is 185 Å². The third kappa shape index (κ3) is 4.57. The molecule has 0 radical (unpaired) electrons. The van der Waals surface area contributed by atoms with Gasteiger partial charge in [-0.25, -0.2) is 4.39 Å². The maximum Gasteiger partial charge on any atom is 0.255 e. The Bertz CT molecular complexity index is 1600. The molecule has 0 bridgehead atoms. The number of aliphatic hydroxyl groups excluding tert-OH is 2. The van der Waals surface area contributed by atoms with E-state index in [0.717, 1.165) is 16.8 Å². The number of aromatic hydroxyl groups is 1. The fourth-order valence-corrected chi connectivity index (χ4v) is 6.94. The van der Waals surface area contributed by atoms with Gasteiger partial charge >= 0.3 is 0 Å². The fraction of sp³-hybridized carbons (Fsp3) is 0.387. The lowest BCUT2D eigenvalue weighted by Crippen LogP contribution is -2.65. The van der Waals surface area contributed by atoms with Crippen LogP contribution in [-0.4, -0.2) is 88.8 Å². The van der Waals surface area contributed by atoms with E-state index in [-0.39, 0.29) is 36.3 Å². The zero-order valence-electron chi connectivity index (χ0n) is 24.1. The number of nitrogens with one attached hydrogen (secondary N) is 2. The molecule has 1 fully saturated rings. The SMILES string of the molecule is CNc1ccc(CNCCF)cc1-c1ccc(O)c2c1C[C@H]1C[C@H]3[C@H](N(C)C)C(=O)C(C(N)=O)=C(O)[C@@]3(O)C(=O)C1=C2O. The number of carbonyl (C=O) groups is 3. The number of rotatable bonds is 8. The van der Waals surface area contributed by atoms with E-state index < -0.39 is 64.7 Å². The third-order valence-corrected chi connectivity index (χ3v) is 8.85. The van der Waals surface area contributed by atoms with Crippen LogP contribution in [0.25, 0.3) is 16.9 Å². The number of ketones is 2. The summed E-state index contributed by atoms with van der Waals surface area (Å²) in [5.41, 5.74) is 5.23. The number of alkyl halides is 1. The van der Waals surface area contributed by atoms with Gasteiger partial charge in [0.1, 0.15) is 29.5 Å². The molecule has 0 unspecified atom stereocenters. The molecular formula is C31H35FN4O7. The van der Waals surface area contributed by atoms with E-state index in [1.807, 2.05) is 18.2 Å². The Morgan fingerprint density at radius 3 is 2.49 bits per heavy atom. The van der Waals surface area contributed by atoms with E-state index in [1.165, 1.54) is 11.0 Å². The summed E-state index contributed by atoms with van der Waals surface area (Å²) in [4.78, 5) is 41.0. The van der Waals surface area contributed by atoms with Crippen molar-refractivity contribution in [3.63, 3.8) is 0 Å². The minimum Gasteiger partial charge on any atom is -0.508 e. The highest BCUT2D eigenvalue weighted by Gasteiger charge is 2.64. The number of carbonyl (C=O) groups excluding carboxylic acids is 3. The molecule has 0 spiro atoms. The predicted octanol–water partition coefficient (Wildman–Crippen LogP) is 1.73. The zero-order valence-corrected chi connectivity index (χ0v) is 24.1. The lowest BCUT2D eigenvalue weighted by atomic mass is 9.57. The number of likely N-dealkylation sites (N-methyl/N-ethyl adjacent to an activating group) is 1. The number of anilines is 1. The Balaban J connectivity index is 1.69. The van der Waals surface area contributed by atoms with Crippen LogP contribution in [0.2, 0.25) is 0 Å². The third-order valence-electron chi connectivity index (χ3n) is 8.85. The molecule has 0 heterocycles. The first kappa shape index (κ1) is 30.2. The van der Waals surface area contributed by atoms with Crippen LogP contribution >= 0.6 is 0 Å². The average molecular weight is 595 g/mol. The number of nitrogens with zero attached hydrogens (tertiary/aromatic N) is 1. The van der Waals surface area contributed by atoms with Crippen LogP contribution < -0.4 is 16.4 Å². The molecule has 2 aromatic carbocycles. The van der Waals surface area contributed by atoms with Crippen LogP contribution in [0.15, 0.2) is 47.2 Å². The van der Waals surface area contributed by atoms with E-state index in [2.05, 4.69) is 10.6 Å². The van der Waals surface area contributed by atoms with Gasteiger partial charge in [-0.2, -0.15) is 0 Å². The number of halogens is 1. The quantitative estimate of drug-likeness (QED) is 0.175. The van der Waals surface area contributed by atoms with Crippen molar-refractivity contribution >= 4 is 28.9 Å². The zero-order chi connectivity index (χ0) is 31.4. The summed E-state index contributed by atoms with van der Waals surface area (Å²) in [5, 5.41) is 51.4. The Labute approximate surface area is 247 Å². The number of amides is 1. The summed E-state index contributed by atoms with van der Waals surface area (Å²) in [7, 11) is 4.86. The fourth-order valence-electron chi connectivity index (χ4n) is 6.94. The second kappa shape index (κ2) is 11.1. The van der Waals surface area contributed by atoms with Crippen molar-refractivity contribution in [1.82, 2.24) is 10.2 Å². The van der Waals surface area contributed by atoms with Gasteiger partial charge in [0.25, 0.3) is 5.91 Å². The molecule has 2 aromatic rings. The molecule has 3 aliphatic carbocycles. The van der Waals surface area contributed by atoms with Crippen LogP contribution in [0.5, 0.6) is 5.75 Å². The van der Waals surface area contributed by atoms with E-state index >= 15 is 0 Å². The van der Waals surface area contributed by atoms with Crippen molar-refractivity contribution in [2.75, 3.05) is 39.7 Å². The van der Waals surface area contributed by atoms with E-state index in [1.54, 1.807) is 27.2 Å². The number of benzene rings is 2. The summed E-state index contributed by atoms with van der Waals surface area (Å²) in [6.45, 7) is 0.109. The second-order valence-corrected chi connectivity index (χ2v) is 11.4. The molecule has 3 aliphatic rings. The lowest BCUT2D eigenvalue weighted by molar-refractivity contribution is -0.153. The van der Waals surface area contributed by atoms with Crippen molar-refractivity contribution in [2.24, 2.45) is 17.6 Å². The number of primary amides is 1. The standard InChI is InChI=1S/C31H35FN4O7/c1-34-20-6-4-14(13-35-9-8-32)10-17(20)16-5-7-21(37)23-18(16)11-15-12-19-25(36(2)3)27(39)24(30(33)42)29(41)31(19,43)28(40)22(15)26(23)38/h4-7,10,15,19,25,34-35,37-38,41,43H,8-9,11-13H2,1-3H3,(H2,33,42)/t15-,19-,25-,31-/m0/s1. The van der Waals surface area contributed by atoms with Crippen LogP contribution in [0.4, 0.5) is 10.1 Å². The van der Waals surface area contributed by atoms with Crippen LogP contribution in [0, 0.1) is 11.8 Å². The van der Waals surface area contributed by atoms with Gasteiger partial charge < -0.3 is 36.8 Å². The lowest BCUT2D eigenvalue weighted by Gasteiger charge is -2.50. The summed E-state index contributed by atoms with van der Waals surface area (Å²) in [6, 6.07) is 7.63. The van der Waals surface area contributed by atoms with Crippen LogP contribution in [0.1, 0.15) is 23.1 Å². The highest BCUT2D eigenvalue weighted by Crippen LogP contribution is 2.54. The van der Waals surface area contributed by atoms with Gasteiger partial charge in [-0.1, -0.05) is 12.1 Å². The van der Waals surface area contributed by atoms with E-state index in [0.29, 0.717) is 17.7 Å². The number of Topliss-reactive ketones (excluding diaryl/α,β-unsaturated/α-hetero) is 2. The van der Waals surface area contributed by atoms with Gasteiger partial charge in [0.2, 0.25) is 5.78 Å². The molecule has 0 saturated heterocycles. The number of aliphatic hydroxyl groups is 3. The predicted molar refractivity (Wildman–Crippen MR) is 157 cm³/mol. The molecule has 1 saturated carbocycles. The maximum absolute atomic E-state index is 14.1. The molecule has 228 valence electrons. The van der Waals surface area contributed by atoms with Crippen LogP contribution in [-0.2, 0) is 27.3 Å². The maximum atomic E-state index is 14.1. The molecule has 0 aromatic heterocycles. The van der Waals surface area contributed by atoms with Crippen molar-refractivity contribution in [3.8, 4) is 16.9 Å². The summed E-state index contributed by atoms with van der Waals surface area (Å²) in [6.07, 6.45) is 0.151. The highest BCUT2D eigenvalue weighted by molar-refractivity contribution is 6.24. The molecule has 11 nitrogen and oxygen atoms in total. The van der Waals surface area contributed by atoms with Crippen molar-refractivity contribution < 1.29 is 39.2 Å². The van der Waals surface area contributed by atoms with Crippen LogP contribution in [0.3, 0.4) is 0 Å². The molecule has 8 N–H and O–H groups in total. The summed E-state index contributed by atoms with van der Waals surface area (Å²) < 4.78 is 12.7. The summed E-state index contributed by atoms with van der Waals surface area (Å²) >= 11 is 0. The number of phenols is 1. The Morgan fingerprint density at radius 1 is 1.14 bits per heavy atom. The first-order chi connectivity index (χ1) is 20.4. The average Bonchev–Trinajstić information content (AvgIpc) is 2.95. The second-order valence-electron chi connectivity index (χ2n) is 11.4. The van der Waals surface area contributed by atoms with Gasteiger partial charge in [0.15, 0.2) is 11.4 Å². The summed E-state index contributed by atoms with van der Waals surface area (Å²) in [5.74, 6) is -6.98. The normalized spacial score (nSPS) is 25.0. The van der Waals surface area contributed by atoms with Crippen molar-refractivity contribution in [3.05, 3.63) is 63.9 Å².